The van der Waals surface area contributed by atoms with Gasteiger partial charge < -0.3 is 9.67 Å². The van der Waals surface area contributed by atoms with Crippen molar-refractivity contribution in [3.05, 3.63) is 58.4 Å². The molecule has 2 heterocycles. The lowest BCUT2D eigenvalue weighted by atomic mass is 10.1. The normalized spacial score (nSPS) is 14.5. The van der Waals surface area contributed by atoms with Gasteiger partial charge in [-0.1, -0.05) is 12.1 Å². The Kier molecular flexibility index (Phi) is 5.89. The van der Waals surface area contributed by atoms with Gasteiger partial charge in [0.1, 0.15) is 5.57 Å². The Balaban J connectivity index is 2.15. The topological polar surface area (TPSA) is 82.9 Å². The van der Waals surface area contributed by atoms with Crippen LogP contribution in [0, 0.1) is 13.8 Å². The number of hydrogen-bond donors (Lipinski definition) is 1. The molecule has 1 aliphatic rings. The minimum Gasteiger partial charge on any atom is -0.478 e. The summed E-state index contributed by atoms with van der Waals surface area (Å²) in [4.78, 5) is 40.3. The van der Waals surface area contributed by atoms with Gasteiger partial charge in [-0.2, -0.15) is 0 Å². The molecular formula is C22H23N3O4S. The highest BCUT2D eigenvalue weighted by atomic mass is 32.1. The number of thiocarbonyl (C=S) groups is 1. The highest BCUT2D eigenvalue weighted by molar-refractivity contribution is 7.80. The third kappa shape index (κ3) is 3.43. The van der Waals surface area contributed by atoms with Crippen LogP contribution in [-0.2, 0) is 9.59 Å². The van der Waals surface area contributed by atoms with Crippen molar-refractivity contribution in [2.24, 2.45) is 0 Å². The first kappa shape index (κ1) is 21.4. The van der Waals surface area contributed by atoms with Crippen LogP contribution >= 0.6 is 12.2 Å². The monoisotopic (exact) mass is 425 g/mol. The smallest absolute Gasteiger partial charge is 0.337 e. The van der Waals surface area contributed by atoms with Gasteiger partial charge in [-0.15, -0.1) is 0 Å². The van der Waals surface area contributed by atoms with Gasteiger partial charge in [0.15, 0.2) is 5.11 Å². The van der Waals surface area contributed by atoms with Gasteiger partial charge in [-0.05, 0) is 69.8 Å². The summed E-state index contributed by atoms with van der Waals surface area (Å²) in [5, 5.41) is 9.76. The molecule has 0 radical (unpaired) electrons. The fraction of sp³-hybridized carbons (Fsp3) is 0.273. The number of rotatable bonds is 5. The first-order valence-electron chi connectivity index (χ1n) is 9.63. The van der Waals surface area contributed by atoms with E-state index >= 15 is 0 Å². The molecule has 156 valence electrons. The summed E-state index contributed by atoms with van der Waals surface area (Å²) >= 11 is 5.30. The van der Waals surface area contributed by atoms with E-state index in [0.717, 1.165) is 11.4 Å². The van der Waals surface area contributed by atoms with E-state index in [2.05, 4.69) is 0 Å². The quantitative estimate of drug-likeness (QED) is 0.452. The molecule has 3 rings (SSSR count). The molecular weight excluding hydrogens is 402 g/mol. The summed E-state index contributed by atoms with van der Waals surface area (Å²) < 4.78 is 1.81. The van der Waals surface area contributed by atoms with Crippen LogP contribution in [-0.4, -0.2) is 55.5 Å². The number of aromatic nitrogens is 1. The number of para-hydroxylation sites is 1. The van der Waals surface area contributed by atoms with Crippen LogP contribution in [0.3, 0.4) is 0 Å². The maximum Gasteiger partial charge on any atom is 0.337 e. The van der Waals surface area contributed by atoms with E-state index in [9.17, 15) is 19.5 Å². The molecule has 2 aromatic rings. The Bertz CT molecular complexity index is 1070. The zero-order chi connectivity index (χ0) is 22.2. The van der Waals surface area contributed by atoms with Crippen LogP contribution in [0.2, 0.25) is 0 Å². The molecule has 30 heavy (non-hydrogen) atoms. The molecule has 1 fully saturated rings. The van der Waals surface area contributed by atoms with Crippen LogP contribution in [0.1, 0.15) is 41.2 Å². The van der Waals surface area contributed by atoms with Gasteiger partial charge in [0.05, 0.1) is 11.3 Å². The average Bonchev–Trinajstić information content (AvgIpc) is 2.99. The third-order valence-electron chi connectivity index (χ3n) is 5.19. The number of carbonyl (C=O) groups is 3. The van der Waals surface area contributed by atoms with Crippen molar-refractivity contribution < 1.29 is 19.5 Å². The van der Waals surface area contributed by atoms with Crippen LogP contribution in [0.25, 0.3) is 11.8 Å². The second-order valence-electron chi connectivity index (χ2n) is 6.92. The number of carboxylic acid groups (broad SMARTS) is 1. The van der Waals surface area contributed by atoms with Gasteiger partial charge in [-0.25, -0.2) is 4.79 Å². The number of amides is 2. The predicted octanol–water partition coefficient (Wildman–Crippen LogP) is 3.17. The minimum atomic E-state index is -1.03. The highest BCUT2D eigenvalue weighted by Gasteiger charge is 2.38. The van der Waals surface area contributed by atoms with Gasteiger partial charge in [0.2, 0.25) is 0 Å². The van der Waals surface area contributed by atoms with E-state index < -0.39 is 17.8 Å². The molecule has 0 aliphatic carbocycles. The number of hydrogen-bond acceptors (Lipinski definition) is 4. The summed E-state index contributed by atoms with van der Waals surface area (Å²) in [7, 11) is 0. The number of benzene rings is 1. The summed E-state index contributed by atoms with van der Waals surface area (Å²) in [6, 6.07) is 8.55. The van der Waals surface area contributed by atoms with Crippen molar-refractivity contribution in [2.75, 3.05) is 13.1 Å². The first-order chi connectivity index (χ1) is 14.2. The third-order valence-corrected chi connectivity index (χ3v) is 5.63. The van der Waals surface area contributed by atoms with E-state index in [1.165, 1.54) is 9.80 Å². The van der Waals surface area contributed by atoms with E-state index in [4.69, 9.17) is 12.2 Å². The van der Waals surface area contributed by atoms with Crippen LogP contribution in [0.5, 0.6) is 0 Å². The average molecular weight is 426 g/mol. The molecule has 1 aromatic heterocycles. The number of nitrogens with zero attached hydrogens (tertiary/aromatic N) is 3. The Morgan fingerprint density at radius 1 is 1.07 bits per heavy atom. The second kappa shape index (κ2) is 8.23. The van der Waals surface area contributed by atoms with Crippen LogP contribution in [0.4, 0.5) is 0 Å². The maximum atomic E-state index is 12.9. The second-order valence-corrected chi connectivity index (χ2v) is 7.29. The van der Waals surface area contributed by atoms with Gasteiger partial charge in [-0.3, -0.25) is 19.4 Å². The molecule has 1 N–H and O–H groups in total. The fourth-order valence-electron chi connectivity index (χ4n) is 3.69. The molecule has 2 amide bonds. The molecule has 0 unspecified atom stereocenters. The van der Waals surface area contributed by atoms with Crippen LogP contribution in [0.15, 0.2) is 35.9 Å². The van der Waals surface area contributed by atoms with E-state index in [-0.39, 0.29) is 16.2 Å². The first-order valence-corrected chi connectivity index (χ1v) is 10.0. The molecule has 0 bridgehead atoms. The fourth-order valence-corrected chi connectivity index (χ4v) is 4.12. The number of carboxylic acids is 1. The largest absolute Gasteiger partial charge is 0.478 e. The standard InChI is InChI=1S/C22H23N3O4S/c1-5-23-19(26)17(20(27)24(6-2)22(23)30)12-15-11-13(3)25(14(15)4)18-10-8-7-9-16(18)21(28)29/h7-12H,5-6H2,1-4H3,(H,28,29). The molecule has 0 saturated carbocycles. The Morgan fingerprint density at radius 3 is 2.17 bits per heavy atom. The summed E-state index contributed by atoms with van der Waals surface area (Å²) in [6.45, 7) is 8.02. The van der Waals surface area contributed by atoms with Gasteiger partial charge in [0, 0.05) is 24.5 Å². The number of likely N-dealkylation sites (N-methyl/N-ethyl adjacent to an activating group) is 2. The molecule has 1 saturated heterocycles. The van der Waals surface area contributed by atoms with Crippen molar-refractivity contribution >= 4 is 41.2 Å². The Labute approximate surface area is 180 Å². The number of aromatic carboxylic acids is 1. The summed E-state index contributed by atoms with van der Waals surface area (Å²) in [5.41, 5.74) is 2.93. The van der Waals surface area contributed by atoms with E-state index in [0.29, 0.717) is 24.3 Å². The highest BCUT2D eigenvalue weighted by Crippen LogP contribution is 2.27. The zero-order valence-corrected chi connectivity index (χ0v) is 18.1. The van der Waals surface area contributed by atoms with Crippen molar-refractivity contribution in [2.45, 2.75) is 27.7 Å². The zero-order valence-electron chi connectivity index (χ0n) is 17.3. The molecule has 0 atom stereocenters. The van der Waals surface area contributed by atoms with Crippen molar-refractivity contribution in [1.29, 1.82) is 0 Å². The Morgan fingerprint density at radius 2 is 1.63 bits per heavy atom. The lowest BCUT2D eigenvalue weighted by Gasteiger charge is -2.35. The molecule has 7 nitrogen and oxygen atoms in total. The summed E-state index contributed by atoms with van der Waals surface area (Å²) in [6.07, 6.45) is 1.57. The molecule has 1 aliphatic heterocycles. The molecule has 1 aromatic carbocycles. The van der Waals surface area contributed by atoms with Crippen molar-refractivity contribution in [3.8, 4) is 5.69 Å². The predicted molar refractivity (Wildman–Crippen MR) is 118 cm³/mol. The van der Waals surface area contributed by atoms with Crippen molar-refractivity contribution in [1.82, 2.24) is 14.4 Å². The minimum absolute atomic E-state index is 0.0408. The SMILES string of the molecule is CCN1C(=O)C(=Cc2cc(C)n(-c3ccccc3C(=O)O)c2C)C(=O)N(CC)C1=S. The number of aryl methyl sites for hydroxylation is 1. The van der Waals surface area contributed by atoms with Crippen molar-refractivity contribution in [3.63, 3.8) is 0 Å². The van der Waals surface area contributed by atoms with E-state index in [1.54, 1.807) is 44.2 Å². The lowest BCUT2D eigenvalue weighted by molar-refractivity contribution is -0.133. The summed E-state index contributed by atoms with van der Waals surface area (Å²) in [5.74, 6) is -1.87. The molecule has 0 spiro atoms. The van der Waals surface area contributed by atoms with Gasteiger partial charge >= 0.3 is 5.97 Å². The Hall–Kier alpha value is -3.26. The number of carbonyl (C=O) groups excluding carboxylic acids is 2. The maximum absolute atomic E-state index is 12.9. The van der Waals surface area contributed by atoms with Gasteiger partial charge in [0.25, 0.3) is 11.8 Å². The van der Waals surface area contributed by atoms with Crippen LogP contribution < -0.4 is 0 Å². The van der Waals surface area contributed by atoms with E-state index in [1.807, 2.05) is 24.5 Å². The molecule has 8 heteroatoms. The lowest BCUT2D eigenvalue weighted by Crippen LogP contribution is -2.55.